The number of ether oxygens (including phenoxy) is 1. The maximum Gasteiger partial charge on any atom is 0.308 e. The third-order valence-electron chi connectivity index (χ3n) is 4.33. The molecule has 2 heteroatoms. The summed E-state index contributed by atoms with van der Waals surface area (Å²) in [6.45, 7) is 14.3. The van der Waals surface area contributed by atoms with Gasteiger partial charge in [-0.1, -0.05) is 47.1 Å². The van der Waals surface area contributed by atoms with E-state index in [-0.39, 0.29) is 23.4 Å². The van der Waals surface area contributed by atoms with E-state index in [4.69, 9.17) is 4.74 Å². The molecule has 0 unspecified atom stereocenters. The summed E-state index contributed by atoms with van der Waals surface area (Å²) in [5.41, 5.74) is 0.0507. The monoisotopic (exact) mass is 252 g/mol. The van der Waals surface area contributed by atoms with E-state index in [0.717, 1.165) is 12.8 Å². The van der Waals surface area contributed by atoms with Gasteiger partial charge in [-0.05, 0) is 18.8 Å². The van der Waals surface area contributed by atoms with Gasteiger partial charge in [0.15, 0.2) is 0 Å². The highest BCUT2D eigenvalue weighted by molar-refractivity contribution is 5.71. The first-order valence-electron chi connectivity index (χ1n) is 7.16. The number of hydrogen-bond donors (Lipinski definition) is 0. The maximum absolute atomic E-state index is 11.9. The Morgan fingerprint density at radius 2 is 2.11 bits per heavy atom. The van der Waals surface area contributed by atoms with Gasteiger partial charge < -0.3 is 4.74 Å². The van der Waals surface area contributed by atoms with Crippen molar-refractivity contribution in [3.63, 3.8) is 0 Å². The minimum Gasteiger partial charge on any atom is -0.461 e. The van der Waals surface area contributed by atoms with Crippen molar-refractivity contribution in [1.29, 1.82) is 0 Å². The lowest BCUT2D eigenvalue weighted by atomic mass is 9.64. The van der Waals surface area contributed by atoms with E-state index < -0.39 is 0 Å². The summed E-state index contributed by atoms with van der Waals surface area (Å²) in [7, 11) is 0. The Bertz CT molecular complexity index is 304. The first-order chi connectivity index (χ1) is 8.33. The van der Waals surface area contributed by atoms with E-state index in [2.05, 4.69) is 27.4 Å². The predicted octanol–water partition coefficient (Wildman–Crippen LogP) is 4.20. The molecule has 0 aliphatic heterocycles. The maximum atomic E-state index is 11.9. The minimum atomic E-state index is -0.0864. The molecule has 0 aromatic carbocycles. The van der Waals surface area contributed by atoms with Gasteiger partial charge in [0.2, 0.25) is 0 Å². The standard InChI is InChI=1S/C16H28O2/c1-7-12-9-10-16(5,6)14(13(12)8-2)18-15(17)11(3)4/h8,11-14H,2,7,9-10H2,1,3-6H3/t12-,13-,14+/m1/s1. The van der Waals surface area contributed by atoms with Gasteiger partial charge in [0.1, 0.15) is 6.10 Å². The molecular weight excluding hydrogens is 224 g/mol. The van der Waals surface area contributed by atoms with E-state index in [1.165, 1.54) is 6.42 Å². The van der Waals surface area contributed by atoms with Crippen LogP contribution in [0.1, 0.15) is 53.9 Å². The van der Waals surface area contributed by atoms with Crippen LogP contribution in [0.2, 0.25) is 0 Å². The number of carbonyl (C=O) groups is 1. The average Bonchev–Trinajstić information content (AvgIpc) is 2.30. The lowest BCUT2D eigenvalue weighted by Crippen LogP contribution is -2.46. The molecule has 1 fully saturated rings. The van der Waals surface area contributed by atoms with Crippen LogP contribution >= 0.6 is 0 Å². The molecule has 1 saturated carbocycles. The van der Waals surface area contributed by atoms with Gasteiger partial charge in [-0.25, -0.2) is 0 Å². The Labute approximate surface area is 112 Å². The largest absolute Gasteiger partial charge is 0.461 e. The Hall–Kier alpha value is -0.790. The average molecular weight is 252 g/mol. The highest BCUT2D eigenvalue weighted by Gasteiger charge is 2.44. The molecule has 104 valence electrons. The molecule has 0 saturated heterocycles. The van der Waals surface area contributed by atoms with Crippen molar-refractivity contribution in [3.05, 3.63) is 12.7 Å². The minimum absolute atomic E-state index is 0.0244. The van der Waals surface area contributed by atoms with Gasteiger partial charge in [-0.3, -0.25) is 4.79 Å². The molecule has 3 atom stereocenters. The van der Waals surface area contributed by atoms with Gasteiger partial charge in [0, 0.05) is 11.3 Å². The fourth-order valence-corrected chi connectivity index (χ4v) is 2.95. The Morgan fingerprint density at radius 3 is 2.56 bits per heavy atom. The predicted molar refractivity (Wildman–Crippen MR) is 75.2 cm³/mol. The molecule has 1 rings (SSSR count). The molecule has 0 N–H and O–H groups in total. The zero-order valence-corrected chi connectivity index (χ0v) is 12.5. The van der Waals surface area contributed by atoms with Gasteiger partial charge in [-0.2, -0.15) is 0 Å². The second kappa shape index (κ2) is 5.90. The first kappa shape index (κ1) is 15.3. The van der Waals surface area contributed by atoms with Crippen LogP contribution in [-0.4, -0.2) is 12.1 Å². The Morgan fingerprint density at radius 1 is 1.50 bits per heavy atom. The zero-order chi connectivity index (χ0) is 13.9. The highest BCUT2D eigenvalue weighted by atomic mass is 16.5. The van der Waals surface area contributed by atoms with Crippen LogP contribution in [0.3, 0.4) is 0 Å². The van der Waals surface area contributed by atoms with Crippen molar-refractivity contribution >= 4 is 5.97 Å². The van der Waals surface area contributed by atoms with E-state index in [9.17, 15) is 4.79 Å². The van der Waals surface area contributed by atoms with E-state index in [0.29, 0.717) is 11.8 Å². The van der Waals surface area contributed by atoms with Gasteiger partial charge in [-0.15, -0.1) is 6.58 Å². The molecule has 0 bridgehead atoms. The summed E-state index contributed by atoms with van der Waals surface area (Å²) in [6, 6.07) is 0. The van der Waals surface area contributed by atoms with E-state index in [1.54, 1.807) is 0 Å². The normalized spacial score (nSPS) is 31.1. The van der Waals surface area contributed by atoms with Crippen LogP contribution in [0.25, 0.3) is 0 Å². The van der Waals surface area contributed by atoms with Crippen LogP contribution in [0.5, 0.6) is 0 Å². The third kappa shape index (κ3) is 3.15. The topological polar surface area (TPSA) is 26.3 Å². The van der Waals surface area contributed by atoms with Gasteiger partial charge in [0.25, 0.3) is 0 Å². The second-order valence-corrected chi connectivity index (χ2v) is 6.52. The van der Waals surface area contributed by atoms with Crippen molar-refractivity contribution in [2.24, 2.45) is 23.2 Å². The van der Waals surface area contributed by atoms with E-state index >= 15 is 0 Å². The van der Waals surface area contributed by atoms with Crippen molar-refractivity contribution in [3.8, 4) is 0 Å². The smallest absolute Gasteiger partial charge is 0.308 e. The fourth-order valence-electron chi connectivity index (χ4n) is 2.95. The summed E-state index contributed by atoms with van der Waals surface area (Å²) in [5, 5.41) is 0. The van der Waals surface area contributed by atoms with Crippen molar-refractivity contribution in [2.45, 2.75) is 60.0 Å². The summed E-state index contributed by atoms with van der Waals surface area (Å²) in [4.78, 5) is 11.9. The van der Waals surface area contributed by atoms with Crippen LogP contribution in [0.4, 0.5) is 0 Å². The molecule has 0 heterocycles. The fraction of sp³-hybridized carbons (Fsp3) is 0.812. The summed E-state index contributed by atoms with van der Waals surface area (Å²) >= 11 is 0. The Balaban J connectivity index is 2.91. The third-order valence-corrected chi connectivity index (χ3v) is 4.33. The molecule has 0 spiro atoms. The molecule has 0 aromatic heterocycles. The summed E-state index contributed by atoms with van der Waals surface area (Å²) in [6.07, 6.45) is 5.42. The van der Waals surface area contributed by atoms with Crippen molar-refractivity contribution in [1.82, 2.24) is 0 Å². The zero-order valence-electron chi connectivity index (χ0n) is 12.5. The number of rotatable bonds is 4. The number of carbonyl (C=O) groups excluding carboxylic acids is 1. The number of esters is 1. The lowest BCUT2D eigenvalue weighted by Gasteiger charge is -2.46. The van der Waals surface area contributed by atoms with E-state index in [1.807, 2.05) is 19.9 Å². The molecule has 2 nitrogen and oxygen atoms in total. The van der Waals surface area contributed by atoms with Gasteiger partial charge in [0.05, 0.1) is 5.92 Å². The lowest BCUT2D eigenvalue weighted by molar-refractivity contribution is -0.168. The van der Waals surface area contributed by atoms with Crippen LogP contribution < -0.4 is 0 Å². The molecule has 1 aliphatic rings. The SMILES string of the molecule is C=C[C@@H]1[C@H](CC)CCC(C)(C)[C@H]1OC(=O)C(C)C. The Kier molecular flexibility index (Phi) is 5.01. The van der Waals surface area contributed by atoms with Crippen molar-refractivity contribution in [2.75, 3.05) is 0 Å². The van der Waals surface area contributed by atoms with Gasteiger partial charge >= 0.3 is 5.97 Å². The molecular formula is C16H28O2. The van der Waals surface area contributed by atoms with Crippen LogP contribution in [0.15, 0.2) is 12.7 Å². The first-order valence-corrected chi connectivity index (χ1v) is 7.16. The quantitative estimate of drug-likeness (QED) is 0.553. The summed E-state index contributed by atoms with van der Waals surface area (Å²) in [5.74, 6) is 0.742. The van der Waals surface area contributed by atoms with Crippen molar-refractivity contribution < 1.29 is 9.53 Å². The molecule has 1 aliphatic carbocycles. The second-order valence-electron chi connectivity index (χ2n) is 6.52. The number of hydrogen-bond acceptors (Lipinski definition) is 2. The van der Waals surface area contributed by atoms with Crippen LogP contribution in [0, 0.1) is 23.2 Å². The molecule has 18 heavy (non-hydrogen) atoms. The van der Waals surface area contributed by atoms with Crippen LogP contribution in [-0.2, 0) is 9.53 Å². The molecule has 0 amide bonds. The molecule has 0 radical (unpaired) electrons. The molecule has 0 aromatic rings. The highest BCUT2D eigenvalue weighted by Crippen LogP contribution is 2.45. The summed E-state index contributed by atoms with van der Waals surface area (Å²) < 4.78 is 5.79.